The van der Waals surface area contributed by atoms with Gasteiger partial charge in [0.2, 0.25) is 0 Å². The Morgan fingerprint density at radius 2 is 2.31 bits per heavy atom. The summed E-state index contributed by atoms with van der Waals surface area (Å²) >= 11 is 0. The summed E-state index contributed by atoms with van der Waals surface area (Å²) in [5, 5.41) is 0. The highest BCUT2D eigenvalue weighted by Crippen LogP contribution is 2.40. The van der Waals surface area contributed by atoms with Crippen LogP contribution in [0.2, 0.25) is 0 Å². The van der Waals surface area contributed by atoms with Gasteiger partial charge in [-0.1, -0.05) is 13.8 Å². The van der Waals surface area contributed by atoms with Crippen molar-refractivity contribution < 1.29 is 14.3 Å². The molecule has 0 saturated carbocycles. The van der Waals surface area contributed by atoms with Gasteiger partial charge >= 0.3 is 5.97 Å². The Labute approximate surface area is 79.4 Å². The van der Waals surface area contributed by atoms with E-state index in [0.717, 1.165) is 12.8 Å². The summed E-state index contributed by atoms with van der Waals surface area (Å²) in [6, 6.07) is 0. The molecule has 1 rings (SSSR count). The SMILES string of the molecule is CCC1COCC1(CC)C(=O)OC. The number of methoxy groups -OCH3 is 1. The molecule has 0 aliphatic carbocycles. The second-order valence-corrected chi connectivity index (χ2v) is 3.62. The van der Waals surface area contributed by atoms with Crippen LogP contribution in [0.5, 0.6) is 0 Å². The lowest BCUT2D eigenvalue weighted by Crippen LogP contribution is -2.38. The van der Waals surface area contributed by atoms with Gasteiger partial charge in [-0.25, -0.2) is 0 Å². The molecule has 0 aromatic carbocycles. The second kappa shape index (κ2) is 4.09. The fraction of sp³-hybridized carbons (Fsp3) is 0.900. The molecule has 3 heteroatoms. The van der Waals surface area contributed by atoms with Gasteiger partial charge in [-0.3, -0.25) is 4.79 Å². The van der Waals surface area contributed by atoms with Crippen LogP contribution in [0.3, 0.4) is 0 Å². The Balaban J connectivity index is 2.83. The summed E-state index contributed by atoms with van der Waals surface area (Å²) in [7, 11) is 1.45. The molecule has 1 heterocycles. The number of hydrogen-bond acceptors (Lipinski definition) is 3. The van der Waals surface area contributed by atoms with Crippen molar-refractivity contribution in [1.82, 2.24) is 0 Å². The van der Waals surface area contributed by atoms with Crippen LogP contribution in [-0.4, -0.2) is 26.3 Å². The van der Waals surface area contributed by atoms with Gasteiger partial charge < -0.3 is 9.47 Å². The summed E-state index contributed by atoms with van der Waals surface area (Å²) < 4.78 is 10.2. The van der Waals surface area contributed by atoms with Crippen LogP contribution in [0.15, 0.2) is 0 Å². The average molecular weight is 186 g/mol. The van der Waals surface area contributed by atoms with Crippen molar-refractivity contribution in [3.8, 4) is 0 Å². The number of esters is 1. The van der Waals surface area contributed by atoms with Gasteiger partial charge in [0.15, 0.2) is 0 Å². The maximum Gasteiger partial charge on any atom is 0.314 e. The van der Waals surface area contributed by atoms with Gasteiger partial charge in [-0.05, 0) is 12.8 Å². The molecule has 1 saturated heterocycles. The van der Waals surface area contributed by atoms with Gasteiger partial charge in [0.25, 0.3) is 0 Å². The first-order valence-electron chi connectivity index (χ1n) is 4.87. The minimum atomic E-state index is -0.372. The summed E-state index contributed by atoms with van der Waals surface area (Å²) in [6.07, 6.45) is 1.78. The van der Waals surface area contributed by atoms with Gasteiger partial charge in [0.05, 0.1) is 25.7 Å². The monoisotopic (exact) mass is 186 g/mol. The minimum Gasteiger partial charge on any atom is -0.469 e. The van der Waals surface area contributed by atoms with Crippen molar-refractivity contribution in [1.29, 1.82) is 0 Å². The van der Waals surface area contributed by atoms with Gasteiger partial charge in [0, 0.05) is 5.92 Å². The molecule has 13 heavy (non-hydrogen) atoms. The van der Waals surface area contributed by atoms with E-state index in [9.17, 15) is 4.79 Å². The molecule has 0 bridgehead atoms. The van der Waals surface area contributed by atoms with Crippen molar-refractivity contribution in [2.45, 2.75) is 26.7 Å². The molecule has 2 unspecified atom stereocenters. The van der Waals surface area contributed by atoms with Crippen molar-refractivity contribution in [3.63, 3.8) is 0 Å². The first-order chi connectivity index (χ1) is 6.21. The molecule has 0 N–H and O–H groups in total. The lowest BCUT2D eigenvalue weighted by Gasteiger charge is -2.28. The van der Waals surface area contributed by atoms with E-state index >= 15 is 0 Å². The average Bonchev–Trinajstić information content (AvgIpc) is 2.60. The zero-order chi connectivity index (χ0) is 9.90. The highest BCUT2D eigenvalue weighted by Gasteiger charge is 2.48. The van der Waals surface area contributed by atoms with Crippen LogP contribution >= 0.6 is 0 Å². The van der Waals surface area contributed by atoms with Gasteiger partial charge in [-0.15, -0.1) is 0 Å². The number of ether oxygens (including phenoxy) is 2. The molecule has 1 fully saturated rings. The third-order valence-electron chi connectivity index (χ3n) is 3.18. The van der Waals surface area contributed by atoms with E-state index in [4.69, 9.17) is 9.47 Å². The maximum absolute atomic E-state index is 11.6. The normalized spacial score (nSPS) is 33.3. The highest BCUT2D eigenvalue weighted by molar-refractivity contribution is 5.77. The minimum absolute atomic E-state index is 0.112. The van der Waals surface area contributed by atoms with Crippen LogP contribution in [-0.2, 0) is 14.3 Å². The van der Waals surface area contributed by atoms with E-state index in [0.29, 0.717) is 19.1 Å². The maximum atomic E-state index is 11.6. The van der Waals surface area contributed by atoms with Crippen LogP contribution in [0.4, 0.5) is 0 Å². The second-order valence-electron chi connectivity index (χ2n) is 3.62. The van der Waals surface area contributed by atoms with E-state index in [1.165, 1.54) is 7.11 Å². The summed E-state index contributed by atoms with van der Waals surface area (Å²) in [5.41, 5.74) is -0.372. The topological polar surface area (TPSA) is 35.5 Å². The highest BCUT2D eigenvalue weighted by atomic mass is 16.5. The van der Waals surface area contributed by atoms with Crippen LogP contribution < -0.4 is 0 Å². The van der Waals surface area contributed by atoms with Crippen LogP contribution in [0, 0.1) is 11.3 Å². The van der Waals surface area contributed by atoms with Crippen LogP contribution in [0.1, 0.15) is 26.7 Å². The Bertz CT molecular complexity index is 191. The number of hydrogen-bond donors (Lipinski definition) is 0. The largest absolute Gasteiger partial charge is 0.469 e. The first kappa shape index (κ1) is 10.5. The van der Waals surface area contributed by atoms with E-state index in [2.05, 4.69) is 6.92 Å². The van der Waals surface area contributed by atoms with E-state index < -0.39 is 0 Å². The number of carbonyl (C=O) groups is 1. The number of carbonyl (C=O) groups excluding carboxylic acids is 1. The fourth-order valence-electron chi connectivity index (χ4n) is 2.13. The Kier molecular flexibility index (Phi) is 3.31. The van der Waals surface area contributed by atoms with Crippen LogP contribution in [0.25, 0.3) is 0 Å². The molecule has 0 radical (unpaired) electrons. The van der Waals surface area contributed by atoms with Gasteiger partial charge in [-0.2, -0.15) is 0 Å². The zero-order valence-electron chi connectivity index (χ0n) is 8.63. The van der Waals surface area contributed by atoms with Crippen molar-refractivity contribution in [2.75, 3.05) is 20.3 Å². The lowest BCUT2D eigenvalue weighted by molar-refractivity contribution is -0.155. The Hall–Kier alpha value is -0.570. The molecule has 2 atom stereocenters. The van der Waals surface area contributed by atoms with E-state index in [1.54, 1.807) is 0 Å². The molecule has 1 aliphatic rings. The molecular weight excluding hydrogens is 168 g/mol. The molecular formula is C10H18O3. The predicted octanol–water partition coefficient (Wildman–Crippen LogP) is 1.61. The zero-order valence-corrected chi connectivity index (χ0v) is 8.63. The summed E-state index contributed by atoms with van der Waals surface area (Å²) in [4.78, 5) is 11.6. The quantitative estimate of drug-likeness (QED) is 0.628. The van der Waals surface area contributed by atoms with Crippen molar-refractivity contribution in [3.05, 3.63) is 0 Å². The number of rotatable bonds is 3. The molecule has 0 aromatic rings. The fourth-order valence-corrected chi connectivity index (χ4v) is 2.13. The van der Waals surface area contributed by atoms with E-state index in [1.807, 2.05) is 6.92 Å². The standard InChI is InChI=1S/C10H18O3/c1-4-8-6-13-7-10(8,5-2)9(11)12-3/h8H,4-7H2,1-3H3. The molecule has 0 amide bonds. The predicted molar refractivity (Wildman–Crippen MR) is 49.3 cm³/mol. The molecule has 3 nitrogen and oxygen atoms in total. The molecule has 1 aliphatic heterocycles. The molecule has 0 spiro atoms. The Morgan fingerprint density at radius 1 is 1.62 bits per heavy atom. The summed E-state index contributed by atoms with van der Waals surface area (Å²) in [6.45, 7) is 5.33. The first-order valence-corrected chi connectivity index (χ1v) is 4.87. The van der Waals surface area contributed by atoms with Gasteiger partial charge in [0.1, 0.15) is 0 Å². The third-order valence-corrected chi connectivity index (χ3v) is 3.18. The van der Waals surface area contributed by atoms with Crippen molar-refractivity contribution in [2.24, 2.45) is 11.3 Å². The molecule has 76 valence electrons. The molecule has 0 aromatic heterocycles. The third kappa shape index (κ3) is 1.57. The summed E-state index contributed by atoms with van der Waals surface area (Å²) in [5.74, 6) is 0.212. The smallest absolute Gasteiger partial charge is 0.314 e. The van der Waals surface area contributed by atoms with E-state index in [-0.39, 0.29) is 11.4 Å². The lowest BCUT2D eigenvalue weighted by atomic mass is 9.74. The van der Waals surface area contributed by atoms with Crippen molar-refractivity contribution >= 4 is 5.97 Å². The Morgan fingerprint density at radius 3 is 2.77 bits per heavy atom.